The van der Waals surface area contributed by atoms with Gasteiger partial charge in [-0.15, -0.1) is 0 Å². The smallest absolute Gasteiger partial charge is 0.228 e. The summed E-state index contributed by atoms with van der Waals surface area (Å²) in [6.07, 6.45) is 4.75. The Morgan fingerprint density at radius 1 is 1.20 bits per heavy atom. The minimum atomic E-state index is -0.0109. The van der Waals surface area contributed by atoms with Gasteiger partial charge >= 0.3 is 0 Å². The van der Waals surface area contributed by atoms with Crippen molar-refractivity contribution >= 4 is 11.6 Å². The van der Waals surface area contributed by atoms with Crippen LogP contribution in [0.5, 0.6) is 0 Å². The van der Waals surface area contributed by atoms with Gasteiger partial charge in [-0.1, -0.05) is 25.1 Å². The zero-order chi connectivity index (χ0) is 17.6. The molecule has 2 heterocycles. The number of carbonyl (C=O) groups is 1. The van der Waals surface area contributed by atoms with Gasteiger partial charge in [0.05, 0.1) is 6.42 Å². The molecule has 0 spiro atoms. The lowest BCUT2D eigenvalue weighted by Crippen LogP contribution is -2.33. The lowest BCUT2D eigenvalue weighted by Gasteiger charge is -2.30. The van der Waals surface area contributed by atoms with Crippen LogP contribution in [0.2, 0.25) is 0 Å². The molecule has 1 atom stereocenters. The third-order valence-corrected chi connectivity index (χ3v) is 4.72. The maximum atomic E-state index is 12.2. The second-order valence-electron chi connectivity index (χ2n) is 7.21. The first-order chi connectivity index (χ1) is 12.1. The number of anilines is 1. The zero-order valence-electron chi connectivity index (χ0n) is 15.2. The fourth-order valence-electron chi connectivity index (χ4n) is 3.38. The first-order valence-corrected chi connectivity index (χ1v) is 9.11. The summed E-state index contributed by atoms with van der Waals surface area (Å²) >= 11 is 0. The number of hydrogen-bond donors (Lipinski definition) is 1. The van der Waals surface area contributed by atoms with E-state index in [1.807, 2.05) is 31.2 Å². The molecular weight excluding hydrogens is 310 g/mol. The first kappa shape index (κ1) is 17.6. The van der Waals surface area contributed by atoms with Gasteiger partial charge in [-0.3, -0.25) is 14.7 Å². The van der Waals surface area contributed by atoms with Gasteiger partial charge in [0.15, 0.2) is 0 Å². The van der Waals surface area contributed by atoms with Gasteiger partial charge in [0.2, 0.25) is 5.91 Å². The van der Waals surface area contributed by atoms with Crippen molar-refractivity contribution in [3.05, 3.63) is 59.4 Å². The Bertz CT molecular complexity index is 694. The normalized spacial score (nSPS) is 18.1. The Morgan fingerprint density at radius 2 is 1.96 bits per heavy atom. The van der Waals surface area contributed by atoms with Crippen molar-refractivity contribution in [2.45, 2.75) is 39.7 Å². The number of benzene rings is 1. The molecule has 3 rings (SSSR count). The van der Waals surface area contributed by atoms with Crippen molar-refractivity contribution in [1.29, 1.82) is 0 Å². The maximum absolute atomic E-state index is 12.2. The molecule has 1 aromatic carbocycles. The van der Waals surface area contributed by atoms with Crippen LogP contribution in [0.3, 0.4) is 0 Å². The van der Waals surface area contributed by atoms with Crippen molar-refractivity contribution in [3.63, 3.8) is 0 Å². The molecule has 4 heteroatoms. The fourth-order valence-corrected chi connectivity index (χ4v) is 3.38. The largest absolute Gasteiger partial charge is 0.326 e. The second kappa shape index (κ2) is 8.26. The van der Waals surface area contributed by atoms with Crippen LogP contribution >= 0.6 is 0 Å². The molecule has 1 saturated heterocycles. The topological polar surface area (TPSA) is 45.2 Å². The highest BCUT2D eigenvalue weighted by molar-refractivity contribution is 5.92. The van der Waals surface area contributed by atoms with E-state index in [1.165, 1.54) is 31.5 Å². The Labute approximate surface area is 150 Å². The summed E-state index contributed by atoms with van der Waals surface area (Å²) in [6.45, 7) is 7.63. The minimum absolute atomic E-state index is 0.0109. The van der Waals surface area contributed by atoms with Crippen LogP contribution in [0.4, 0.5) is 5.69 Å². The van der Waals surface area contributed by atoms with Gasteiger partial charge in [0, 0.05) is 30.7 Å². The Hall–Kier alpha value is -2.20. The number of hydrogen-bond acceptors (Lipinski definition) is 3. The number of aromatic nitrogens is 1. The lowest BCUT2D eigenvalue weighted by molar-refractivity contribution is -0.115. The highest BCUT2D eigenvalue weighted by Crippen LogP contribution is 2.19. The van der Waals surface area contributed by atoms with Crippen molar-refractivity contribution in [1.82, 2.24) is 9.88 Å². The number of carbonyl (C=O) groups excluding carboxylic acids is 1. The third kappa shape index (κ3) is 5.40. The number of amides is 1. The number of piperidine rings is 1. The molecule has 1 fully saturated rings. The van der Waals surface area contributed by atoms with Crippen LogP contribution in [0.1, 0.15) is 36.6 Å². The summed E-state index contributed by atoms with van der Waals surface area (Å²) in [4.78, 5) is 18.9. The SMILES string of the molecule is Cc1ccc(CC(=O)Nc2ccc(CN3CCC[C@@H](C)C3)cc2)cn1. The van der Waals surface area contributed by atoms with E-state index in [1.54, 1.807) is 6.20 Å². The molecule has 132 valence electrons. The van der Waals surface area contributed by atoms with E-state index in [9.17, 15) is 4.79 Å². The van der Waals surface area contributed by atoms with E-state index in [0.29, 0.717) is 6.42 Å². The molecule has 1 aliphatic heterocycles. The number of aryl methyl sites for hydroxylation is 1. The van der Waals surface area contributed by atoms with Crippen LogP contribution in [0.25, 0.3) is 0 Å². The van der Waals surface area contributed by atoms with E-state index in [4.69, 9.17) is 0 Å². The average molecular weight is 337 g/mol. The number of nitrogens with zero attached hydrogens (tertiary/aromatic N) is 2. The molecule has 1 aliphatic rings. The first-order valence-electron chi connectivity index (χ1n) is 9.11. The second-order valence-corrected chi connectivity index (χ2v) is 7.21. The van der Waals surface area contributed by atoms with Crippen molar-refractivity contribution in [3.8, 4) is 0 Å². The van der Waals surface area contributed by atoms with Crippen LogP contribution in [0.15, 0.2) is 42.6 Å². The monoisotopic (exact) mass is 337 g/mol. The van der Waals surface area contributed by atoms with Crippen LogP contribution in [-0.4, -0.2) is 28.9 Å². The van der Waals surface area contributed by atoms with E-state index in [2.05, 4.69) is 34.3 Å². The standard InChI is InChI=1S/C21H27N3O/c1-16-4-3-11-24(14-16)15-18-7-9-20(10-8-18)23-21(25)12-19-6-5-17(2)22-13-19/h5-10,13,16H,3-4,11-12,14-15H2,1-2H3,(H,23,25)/t16-/m1/s1. The maximum Gasteiger partial charge on any atom is 0.228 e. The number of pyridine rings is 1. The zero-order valence-corrected chi connectivity index (χ0v) is 15.2. The molecule has 0 bridgehead atoms. The van der Waals surface area contributed by atoms with Gasteiger partial charge in [-0.25, -0.2) is 0 Å². The van der Waals surface area contributed by atoms with E-state index in [0.717, 1.165) is 29.4 Å². The molecule has 25 heavy (non-hydrogen) atoms. The van der Waals surface area contributed by atoms with E-state index in [-0.39, 0.29) is 5.91 Å². The lowest BCUT2D eigenvalue weighted by atomic mass is 10.00. The van der Waals surface area contributed by atoms with Crippen LogP contribution < -0.4 is 5.32 Å². The predicted octanol–water partition coefficient (Wildman–Crippen LogP) is 3.80. The Balaban J connectivity index is 1.51. The summed E-state index contributed by atoms with van der Waals surface area (Å²) in [6, 6.07) is 12.1. The third-order valence-electron chi connectivity index (χ3n) is 4.72. The van der Waals surface area contributed by atoms with Gasteiger partial charge in [-0.05, 0) is 61.6 Å². The Kier molecular flexibility index (Phi) is 5.82. The van der Waals surface area contributed by atoms with Gasteiger partial charge < -0.3 is 5.32 Å². The molecule has 1 amide bonds. The summed E-state index contributed by atoms with van der Waals surface area (Å²) in [5.74, 6) is 0.784. The van der Waals surface area contributed by atoms with E-state index >= 15 is 0 Å². The Morgan fingerprint density at radius 3 is 2.64 bits per heavy atom. The fraction of sp³-hybridized carbons (Fsp3) is 0.429. The molecule has 0 unspecified atom stereocenters. The summed E-state index contributed by atoms with van der Waals surface area (Å²) in [7, 11) is 0. The summed E-state index contributed by atoms with van der Waals surface area (Å²) in [5.41, 5.74) is 4.04. The minimum Gasteiger partial charge on any atom is -0.326 e. The molecular formula is C21H27N3O. The molecule has 0 aliphatic carbocycles. The molecule has 2 aromatic rings. The number of nitrogens with one attached hydrogen (secondary N) is 1. The highest BCUT2D eigenvalue weighted by atomic mass is 16.1. The molecule has 0 radical (unpaired) electrons. The van der Waals surface area contributed by atoms with Gasteiger partial charge in [0.1, 0.15) is 0 Å². The average Bonchev–Trinajstić information content (AvgIpc) is 2.59. The summed E-state index contributed by atoms with van der Waals surface area (Å²) < 4.78 is 0. The van der Waals surface area contributed by atoms with Crippen molar-refractivity contribution in [2.75, 3.05) is 18.4 Å². The quantitative estimate of drug-likeness (QED) is 0.902. The van der Waals surface area contributed by atoms with Crippen LogP contribution in [-0.2, 0) is 17.8 Å². The summed E-state index contributed by atoms with van der Waals surface area (Å²) in [5, 5.41) is 2.96. The van der Waals surface area contributed by atoms with Gasteiger partial charge in [-0.2, -0.15) is 0 Å². The predicted molar refractivity (Wildman–Crippen MR) is 101 cm³/mol. The highest BCUT2D eigenvalue weighted by Gasteiger charge is 2.16. The number of likely N-dealkylation sites (tertiary alicyclic amines) is 1. The molecule has 4 nitrogen and oxygen atoms in total. The van der Waals surface area contributed by atoms with Crippen LogP contribution in [0, 0.1) is 12.8 Å². The molecule has 1 N–H and O–H groups in total. The van der Waals surface area contributed by atoms with Crippen molar-refractivity contribution < 1.29 is 4.79 Å². The molecule has 1 aromatic heterocycles. The van der Waals surface area contributed by atoms with E-state index < -0.39 is 0 Å². The number of rotatable bonds is 5. The molecule has 0 saturated carbocycles. The van der Waals surface area contributed by atoms with Gasteiger partial charge in [0.25, 0.3) is 0 Å². The van der Waals surface area contributed by atoms with Crippen molar-refractivity contribution in [2.24, 2.45) is 5.92 Å².